The molecule has 28 heavy (non-hydrogen) atoms. The Hall–Kier alpha value is -2.24. The fourth-order valence-corrected chi connectivity index (χ4v) is 4.17. The molecule has 1 aromatic carbocycles. The van der Waals surface area contributed by atoms with Gasteiger partial charge in [-0.1, -0.05) is 18.7 Å². The van der Waals surface area contributed by atoms with Crippen LogP contribution < -0.4 is 10.2 Å². The number of carbonyl (C=O) groups excluding carboxylic acids is 1. The van der Waals surface area contributed by atoms with Crippen LogP contribution in [0.15, 0.2) is 23.1 Å². The normalized spacial score (nSPS) is 15.8. The van der Waals surface area contributed by atoms with Gasteiger partial charge in [0.1, 0.15) is 11.0 Å². The molecule has 0 aliphatic carbocycles. The highest BCUT2D eigenvalue weighted by atomic mass is 32.2. The van der Waals surface area contributed by atoms with Crippen LogP contribution in [-0.4, -0.2) is 73.2 Å². The van der Waals surface area contributed by atoms with Gasteiger partial charge in [-0.15, -0.1) is 5.10 Å². The number of nitrogens with one attached hydrogen (secondary N) is 1. The summed E-state index contributed by atoms with van der Waals surface area (Å²) in [5, 5.41) is 10.6. The van der Waals surface area contributed by atoms with Crippen molar-refractivity contribution in [3.63, 3.8) is 0 Å². The van der Waals surface area contributed by atoms with Gasteiger partial charge in [-0.2, -0.15) is 4.31 Å². The lowest BCUT2D eigenvalue weighted by molar-refractivity contribution is -0.126. The van der Waals surface area contributed by atoms with Gasteiger partial charge in [0.15, 0.2) is 6.61 Å². The number of sulfonamides is 1. The molecule has 2 heterocycles. The second-order valence-corrected chi connectivity index (χ2v) is 8.87. The van der Waals surface area contributed by atoms with Crippen molar-refractivity contribution in [2.24, 2.45) is 5.92 Å². The highest BCUT2D eigenvalue weighted by Crippen LogP contribution is 2.21. The molecule has 11 heteroatoms. The van der Waals surface area contributed by atoms with Gasteiger partial charge in [0, 0.05) is 19.6 Å². The van der Waals surface area contributed by atoms with Gasteiger partial charge < -0.3 is 14.9 Å². The molecule has 0 spiro atoms. The average molecular weight is 411 g/mol. The van der Waals surface area contributed by atoms with Crippen molar-refractivity contribution in [3.05, 3.63) is 18.2 Å². The molecule has 0 unspecified atom stereocenters. The molecular formula is C17H25N5O5S. The van der Waals surface area contributed by atoms with E-state index in [1.165, 1.54) is 16.4 Å². The number of amides is 1. The van der Waals surface area contributed by atoms with Gasteiger partial charge in [0.25, 0.3) is 5.91 Å². The van der Waals surface area contributed by atoms with Crippen molar-refractivity contribution in [2.45, 2.75) is 25.2 Å². The predicted octanol–water partition coefficient (Wildman–Crippen LogP) is 0.0431. The molecule has 0 saturated carbocycles. The maximum absolute atomic E-state index is 12.8. The molecule has 2 aromatic rings. The lowest BCUT2D eigenvalue weighted by Crippen LogP contribution is -2.40. The summed E-state index contributed by atoms with van der Waals surface area (Å²) in [4.78, 5) is 18.5. The Kier molecular flexibility index (Phi) is 6.47. The van der Waals surface area contributed by atoms with Gasteiger partial charge in [-0.25, -0.2) is 8.42 Å². The van der Waals surface area contributed by atoms with Crippen molar-refractivity contribution in [2.75, 3.05) is 39.5 Å². The largest absolute Gasteiger partial charge is 0.385 e. The van der Waals surface area contributed by atoms with Crippen LogP contribution in [-0.2, 0) is 19.6 Å². The van der Waals surface area contributed by atoms with Crippen LogP contribution in [0.4, 0.5) is 0 Å². The highest BCUT2D eigenvalue weighted by molar-refractivity contribution is 7.89. The Balaban J connectivity index is 1.71. The lowest BCUT2D eigenvalue weighted by atomic mass is 10.1. The van der Waals surface area contributed by atoms with Crippen molar-refractivity contribution >= 4 is 27.0 Å². The van der Waals surface area contributed by atoms with E-state index in [9.17, 15) is 13.2 Å². The van der Waals surface area contributed by atoms with Gasteiger partial charge in [-0.05, 0) is 35.8 Å². The molecular weight excluding hydrogens is 386 g/mol. The van der Waals surface area contributed by atoms with Crippen LogP contribution >= 0.6 is 0 Å². The van der Waals surface area contributed by atoms with E-state index in [-0.39, 0.29) is 17.4 Å². The molecule has 1 aromatic heterocycles. The maximum atomic E-state index is 12.8. The zero-order chi connectivity index (χ0) is 20.1. The maximum Gasteiger partial charge on any atom is 0.260 e. The first-order chi connectivity index (χ1) is 13.4. The Morgan fingerprint density at radius 3 is 2.79 bits per heavy atom. The second kappa shape index (κ2) is 8.84. The second-order valence-electron chi connectivity index (χ2n) is 6.94. The molecule has 0 bridgehead atoms. The van der Waals surface area contributed by atoms with E-state index in [0.29, 0.717) is 49.8 Å². The summed E-state index contributed by atoms with van der Waals surface area (Å²) in [6.07, 6.45) is 0.876. The van der Waals surface area contributed by atoms with Crippen LogP contribution in [0.3, 0.4) is 0 Å². The van der Waals surface area contributed by atoms with E-state index >= 15 is 0 Å². The molecule has 1 fully saturated rings. The van der Waals surface area contributed by atoms with E-state index in [1.807, 2.05) is 0 Å². The van der Waals surface area contributed by atoms with Crippen LogP contribution in [0.2, 0.25) is 0 Å². The SMILES string of the molecule is CC(C)CCNC(=O)COn1nnc2ccc(S(=O)(=O)N3CCOCC3)cc21. The number of ether oxygens (including phenoxy) is 1. The molecule has 3 rings (SSSR count). The summed E-state index contributed by atoms with van der Waals surface area (Å²) in [6.45, 7) is 5.85. The molecule has 1 saturated heterocycles. The van der Waals surface area contributed by atoms with E-state index in [0.717, 1.165) is 11.3 Å². The van der Waals surface area contributed by atoms with Crippen LogP contribution in [0.1, 0.15) is 20.3 Å². The summed E-state index contributed by atoms with van der Waals surface area (Å²) in [5.74, 6) is 0.216. The summed E-state index contributed by atoms with van der Waals surface area (Å²) in [5.41, 5.74) is 0.852. The molecule has 154 valence electrons. The fraction of sp³-hybridized carbons (Fsp3) is 0.588. The molecule has 1 N–H and O–H groups in total. The van der Waals surface area contributed by atoms with Crippen LogP contribution in [0.25, 0.3) is 11.0 Å². The van der Waals surface area contributed by atoms with Gasteiger partial charge >= 0.3 is 0 Å². The molecule has 1 amide bonds. The third-order valence-corrected chi connectivity index (χ3v) is 6.25. The molecule has 10 nitrogen and oxygen atoms in total. The predicted molar refractivity (Wildman–Crippen MR) is 101 cm³/mol. The number of nitrogens with zero attached hydrogens (tertiary/aromatic N) is 4. The Morgan fingerprint density at radius 2 is 2.07 bits per heavy atom. The van der Waals surface area contributed by atoms with Gasteiger partial charge in [0.05, 0.1) is 18.1 Å². The van der Waals surface area contributed by atoms with Crippen LogP contribution in [0, 0.1) is 5.92 Å². The minimum atomic E-state index is -3.65. The van der Waals surface area contributed by atoms with Crippen molar-refractivity contribution < 1.29 is 22.8 Å². The number of carbonyl (C=O) groups is 1. The van der Waals surface area contributed by atoms with Crippen LogP contribution in [0.5, 0.6) is 0 Å². The zero-order valence-electron chi connectivity index (χ0n) is 16.0. The minimum Gasteiger partial charge on any atom is -0.385 e. The number of hydrogen-bond donors (Lipinski definition) is 1. The smallest absolute Gasteiger partial charge is 0.260 e. The number of hydrogen-bond acceptors (Lipinski definition) is 7. The number of aromatic nitrogens is 3. The van der Waals surface area contributed by atoms with E-state index < -0.39 is 10.0 Å². The number of benzene rings is 1. The lowest BCUT2D eigenvalue weighted by Gasteiger charge is -2.26. The molecule has 0 atom stereocenters. The first-order valence-corrected chi connectivity index (χ1v) is 10.7. The standard InChI is InChI=1S/C17H25N5O5S/c1-13(2)5-6-18-17(23)12-27-22-16-11-14(3-4-15(16)19-20-22)28(24,25)21-7-9-26-10-8-21/h3-4,11,13H,5-10,12H2,1-2H3,(H,18,23). The minimum absolute atomic E-state index is 0.121. The van der Waals surface area contributed by atoms with Crippen molar-refractivity contribution in [1.82, 2.24) is 24.8 Å². The average Bonchev–Trinajstić information content (AvgIpc) is 3.09. The summed E-state index contributed by atoms with van der Waals surface area (Å²) < 4.78 is 32.2. The van der Waals surface area contributed by atoms with E-state index in [1.54, 1.807) is 6.07 Å². The van der Waals surface area contributed by atoms with E-state index in [2.05, 4.69) is 29.5 Å². The first kappa shape index (κ1) is 20.5. The zero-order valence-corrected chi connectivity index (χ0v) is 16.8. The monoisotopic (exact) mass is 411 g/mol. The number of morpholine rings is 1. The van der Waals surface area contributed by atoms with Gasteiger partial charge in [-0.3, -0.25) is 4.79 Å². The van der Waals surface area contributed by atoms with Crippen molar-refractivity contribution in [1.29, 1.82) is 0 Å². The Morgan fingerprint density at radius 1 is 1.32 bits per heavy atom. The van der Waals surface area contributed by atoms with Gasteiger partial charge in [0.2, 0.25) is 10.0 Å². The Bertz CT molecular complexity index is 921. The summed E-state index contributed by atoms with van der Waals surface area (Å²) in [7, 11) is -3.65. The van der Waals surface area contributed by atoms with E-state index in [4.69, 9.17) is 9.57 Å². The third kappa shape index (κ3) is 4.78. The number of fused-ring (bicyclic) bond motifs is 1. The summed E-state index contributed by atoms with van der Waals surface area (Å²) >= 11 is 0. The number of rotatable bonds is 8. The third-order valence-electron chi connectivity index (χ3n) is 4.36. The topological polar surface area (TPSA) is 116 Å². The molecule has 1 aliphatic heterocycles. The highest BCUT2D eigenvalue weighted by Gasteiger charge is 2.27. The fourth-order valence-electron chi connectivity index (χ4n) is 2.74. The summed E-state index contributed by atoms with van der Waals surface area (Å²) in [6, 6.07) is 4.51. The first-order valence-electron chi connectivity index (χ1n) is 9.21. The molecule has 1 aliphatic rings. The molecule has 0 radical (unpaired) electrons. The quantitative estimate of drug-likeness (QED) is 0.652. The van der Waals surface area contributed by atoms with Crippen molar-refractivity contribution in [3.8, 4) is 0 Å². The Labute approximate surface area is 163 Å².